The van der Waals surface area contributed by atoms with Crippen LogP contribution in [-0.4, -0.2) is 38.6 Å². The zero-order valence-corrected chi connectivity index (χ0v) is 16.6. The topological polar surface area (TPSA) is 84.7 Å². The number of aromatic nitrogens is 3. The van der Waals surface area contributed by atoms with E-state index < -0.39 is 17.7 Å². The van der Waals surface area contributed by atoms with E-state index in [1.165, 1.54) is 0 Å². The van der Waals surface area contributed by atoms with Crippen LogP contribution in [0, 0.1) is 23.7 Å². The van der Waals surface area contributed by atoms with Crippen molar-refractivity contribution in [3.8, 4) is 0 Å². The largest absolute Gasteiger partial charge is 0.432 e. The first-order valence-electron chi connectivity index (χ1n) is 10.5. The highest BCUT2D eigenvalue weighted by Crippen LogP contribution is 2.60. The lowest BCUT2D eigenvalue weighted by molar-refractivity contribution is -0.559. The molecule has 154 valence electrons. The number of benzene rings is 1. The summed E-state index contributed by atoms with van der Waals surface area (Å²) in [4.78, 5) is 25.1. The van der Waals surface area contributed by atoms with Crippen molar-refractivity contribution in [1.82, 2.24) is 15.0 Å². The summed E-state index contributed by atoms with van der Waals surface area (Å²) in [6.07, 6.45) is 2.84. The van der Waals surface area contributed by atoms with Crippen molar-refractivity contribution in [2.24, 2.45) is 23.7 Å². The standard InChI is InChI=1S/C21H25N3O5/c1-12-7-8-15-13(11-24-17-6-4-3-5-16(17)22-23-24)18(25)26-19-21(15)14(12)9-10-20(2,27-19)28-29-21/h3-6,12-15,19H,7-11H2,1-2H3/t12-,13+,14?,15+,19-,20+,21-/m1/s1. The van der Waals surface area contributed by atoms with Gasteiger partial charge in [0, 0.05) is 18.3 Å². The van der Waals surface area contributed by atoms with Crippen molar-refractivity contribution in [1.29, 1.82) is 0 Å². The third kappa shape index (κ3) is 2.39. The summed E-state index contributed by atoms with van der Waals surface area (Å²) in [5, 5.41) is 8.52. The van der Waals surface area contributed by atoms with Crippen LogP contribution >= 0.6 is 0 Å². The molecule has 5 aliphatic rings. The molecular formula is C21H25N3O5. The first kappa shape index (κ1) is 17.8. The van der Waals surface area contributed by atoms with Crippen molar-refractivity contribution in [2.75, 3.05) is 0 Å². The summed E-state index contributed by atoms with van der Waals surface area (Å²) in [6.45, 7) is 4.52. The fourth-order valence-corrected chi connectivity index (χ4v) is 6.06. The number of carbonyl (C=O) groups is 1. The van der Waals surface area contributed by atoms with Gasteiger partial charge in [0.1, 0.15) is 5.52 Å². The van der Waals surface area contributed by atoms with Crippen LogP contribution in [0.2, 0.25) is 0 Å². The summed E-state index contributed by atoms with van der Waals surface area (Å²) in [5.41, 5.74) is 0.961. The van der Waals surface area contributed by atoms with Crippen LogP contribution in [0.1, 0.15) is 39.5 Å². The maximum atomic E-state index is 13.1. The smallest absolute Gasteiger partial charge is 0.313 e. The Kier molecular flexibility index (Phi) is 3.68. The van der Waals surface area contributed by atoms with E-state index in [4.69, 9.17) is 19.2 Å². The maximum absolute atomic E-state index is 13.1. The van der Waals surface area contributed by atoms with Gasteiger partial charge in [-0.15, -0.1) is 5.10 Å². The monoisotopic (exact) mass is 399 g/mol. The summed E-state index contributed by atoms with van der Waals surface area (Å²) >= 11 is 0. The van der Waals surface area contributed by atoms with Gasteiger partial charge in [0.05, 0.1) is 18.0 Å². The molecule has 2 bridgehead atoms. The summed E-state index contributed by atoms with van der Waals surface area (Å²) in [7, 11) is 0. The van der Waals surface area contributed by atoms with E-state index in [-0.39, 0.29) is 23.7 Å². The SMILES string of the molecule is C[C@@H]1CC[C@H]2[C@H](Cn3nnc4ccccc43)C(=O)O[C@@H]3O[C@]4(C)CCC1[C@]32OO4. The van der Waals surface area contributed by atoms with Crippen LogP contribution in [-0.2, 0) is 30.6 Å². The molecule has 2 aromatic rings. The van der Waals surface area contributed by atoms with Crippen LogP contribution in [0.15, 0.2) is 24.3 Å². The molecule has 5 heterocycles. The molecule has 4 aliphatic heterocycles. The number of rotatable bonds is 2. The van der Waals surface area contributed by atoms with Gasteiger partial charge in [0.15, 0.2) is 5.60 Å². The first-order valence-corrected chi connectivity index (χ1v) is 10.5. The van der Waals surface area contributed by atoms with Gasteiger partial charge in [-0.2, -0.15) is 0 Å². The minimum atomic E-state index is -0.868. The molecule has 1 saturated carbocycles. The van der Waals surface area contributed by atoms with Crippen molar-refractivity contribution in [3.63, 3.8) is 0 Å². The lowest BCUT2D eigenvalue weighted by Gasteiger charge is -2.58. The number of hydrogen-bond donors (Lipinski definition) is 0. The number of nitrogens with zero attached hydrogens (tertiary/aromatic N) is 3. The molecule has 0 radical (unpaired) electrons. The zero-order chi connectivity index (χ0) is 19.8. The van der Waals surface area contributed by atoms with Gasteiger partial charge in [-0.1, -0.05) is 24.3 Å². The quantitative estimate of drug-likeness (QED) is 0.567. The predicted octanol–water partition coefficient (Wildman–Crippen LogP) is 2.82. The van der Waals surface area contributed by atoms with Gasteiger partial charge in [-0.05, 0) is 44.2 Å². The van der Waals surface area contributed by atoms with Crippen molar-refractivity contribution < 1.29 is 24.0 Å². The summed E-state index contributed by atoms with van der Waals surface area (Å²) < 4.78 is 13.9. The highest BCUT2D eigenvalue weighted by molar-refractivity contribution is 5.76. The summed E-state index contributed by atoms with van der Waals surface area (Å²) in [6, 6.07) is 7.77. The average molecular weight is 399 g/mol. The molecule has 29 heavy (non-hydrogen) atoms. The molecule has 1 spiro atoms. The molecule has 1 aromatic carbocycles. The van der Waals surface area contributed by atoms with E-state index in [1.807, 2.05) is 31.2 Å². The fourth-order valence-electron chi connectivity index (χ4n) is 6.06. The van der Waals surface area contributed by atoms with Gasteiger partial charge >= 0.3 is 5.97 Å². The lowest BCUT2D eigenvalue weighted by atomic mass is 9.58. The van der Waals surface area contributed by atoms with E-state index in [9.17, 15) is 4.79 Å². The molecule has 4 saturated heterocycles. The Morgan fingerprint density at radius 3 is 2.93 bits per heavy atom. The Hall–Kier alpha value is -2.03. The Morgan fingerprint density at radius 1 is 1.17 bits per heavy atom. The van der Waals surface area contributed by atoms with Crippen molar-refractivity contribution >= 4 is 17.0 Å². The molecular weight excluding hydrogens is 374 g/mol. The van der Waals surface area contributed by atoms with Crippen LogP contribution in [0.25, 0.3) is 11.0 Å². The molecule has 8 nitrogen and oxygen atoms in total. The normalized spacial score (nSPS) is 43.7. The Balaban J connectivity index is 1.41. The van der Waals surface area contributed by atoms with Gasteiger partial charge < -0.3 is 9.47 Å². The van der Waals surface area contributed by atoms with E-state index >= 15 is 0 Å². The first-order chi connectivity index (χ1) is 14.0. The van der Waals surface area contributed by atoms with Gasteiger partial charge in [0.25, 0.3) is 0 Å². The highest BCUT2D eigenvalue weighted by atomic mass is 17.3. The van der Waals surface area contributed by atoms with E-state index in [0.717, 1.165) is 36.7 Å². The van der Waals surface area contributed by atoms with Crippen LogP contribution in [0.3, 0.4) is 0 Å². The van der Waals surface area contributed by atoms with Gasteiger partial charge in [-0.25, -0.2) is 14.5 Å². The number of carbonyl (C=O) groups excluding carboxylic acids is 1. The molecule has 0 N–H and O–H groups in total. The Morgan fingerprint density at radius 2 is 2.03 bits per heavy atom. The van der Waals surface area contributed by atoms with Crippen LogP contribution < -0.4 is 0 Å². The number of hydrogen-bond acceptors (Lipinski definition) is 7. The highest BCUT2D eigenvalue weighted by Gasteiger charge is 2.70. The molecule has 0 amide bonds. The minimum absolute atomic E-state index is 0.0550. The lowest BCUT2D eigenvalue weighted by Crippen LogP contribution is -2.70. The molecule has 7 rings (SSSR count). The van der Waals surface area contributed by atoms with E-state index in [0.29, 0.717) is 12.5 Å². The minimum Gasteiger partial charge on any atom is -0.432 e. The number of fused-ring (bicyclic) bond motifs is 3. The molecule has 1 aliphatic carbocycles. The summed E-state index contributed by atoms with van der Waals surface area (Å²) in [5.74, 6) is -0.892. The fraction of sp³-hybridized carbons (Fsp3) is 0.667. The van der Waals surface area contributed by atoms with Crippen LogP contribution in [0.5, 0.6) is 0 Å². The number of ether oxygens (including phenoxy) is 2. The van der Waals surface area contributed by atoms with Gasteiger partial charge in [0.2, 0.25) is 12.1 Å². The van der Waals surface area contributed by atoms with E-state index in [2.05, 4.69) is 17.2 Å². The maximum Gasteiger partial charge on any atom is 0.313 e. The molecule has 1 unspecified atom stereocenters. The van der Waals surface area contributed by atoms with Crippen molar-refractivity contribution in [3.05, 3.63) is 24.3 Å². The van der Waals surface area contributed by atoms with E-state index in [1.54, 1.807) is 4.68 Å². The second-order valence-corrected chi connectivity index (χ2v) is 9.21. The third-order valence-electron chi connectivity index (χ3n) is 7.58. The average Bonchev–Trinajstić information content (AvgIpc) is 2.98. The molecule has 8 heteroatoms. The molecule has 7 atom stereocenters. The predicted molar refractivity (Wildman–Crippen MR) is 99.9 cm³/mol. The Labute approximate surface area is 168 Å². The molecule has 5 fully saturated rings. The Bertz CT molecular complexity index is 978. The second kappa shape index (κ2) is 6.00. The number of para-hydroxylation sites is 1. The third-order valence-corrected chi connectivity index (χ3v) is 7.58. The van der Waals surface area contributed by atoms with Gasteiger partial charge in [-0.3, -0.25) is 4.79 Å². The van der Waals surface area contributed by atoms with Crippen LogP contribution in [0.4, 0.5) is 0 Å². The second-order valence-electron chi connectivity index (χ2n) is 9.21. The number of esters is 1. The molecule has 1 aromatic heterocycles. The van der Waals surface area contributed by atoms with Crippen molar-refractivity contribution in [2.45, 2.75) is 63.8 Å². The zero-order valence-electron chi connectivity index (χ0n) is 16.6.